The molecule has 0 saturated carbocycles. The van der Waals surface area contributed by atoms with Gasteiger partial charge in [0.05, 0.1) is 22.2 Å². The number of benzene rings is 3. The Labute approximate surface area is 208 Å². The van der Waals surface area contributed by atoms with Crippen molar-refractivity contribution >= 4 is 75.2 Å². The number of carbonyl (C=O) groups excluding carboxylic acids is 2. The van der Waals surface area contributed by atoms with Crippen LogP contribution in [0.4, 0.5) is 16.2 Å². The Morgan fingerprint density at radius 1 is 0.939 bits per heavy atom. The molecule has 0 unspecified atom stereocenters. The Morgan fingerprint density at radius 3 is 2.48 bits per heavy atom. The summed E-state index contributed by atoms with van der Waals surface area (Å²) >= 11 is 18.9. The van der Waals surface area contributed by atoms with Crippen molar-refractivity contribution in [3.05, 3.63) is 91.8 Å². The molecule has 0 radical (unpaired) electrons. The molecule has 2 amide bonds. The molecular weight excluding hydrogens is 505 g/mol. The minimum absolute atomic E-state index is 0.01000. The van der Waals surface area contributed by atoms with E-state index in [0.717, 1.165) is 16.7 Å². The highest BCUT2D eigenvalue weighted by Crippen LogP contribution is 2.37. The van der Waals surface area contributed by atoms with Gasteiger partial charge in [-0.15, -0.1) is 5.11 Å². The fourth-order valence-electron chi connectivity index (χ4n) is 2.96. The van der Waals surface area contributed by atoms with E-state index in [9.17, 15) is 14.7 Å². The van der Waals surface area contributed by atoms with Gasteiger partial charge in [0.2, 0.25) is 0 Å². The average Bonchev–Trinajstić information content (AvgIpc) is 3.04. The third-order valence-corrected chi connectivity index (χ3v) is 6.45. The normalized spacial score (nSPS) is 15.2. The third kappa shape index (κ3) is 5.39. The number of hydrogen-bond acceptors (Lipinski definition) is 6. The summed E-state index contributed by atoms with van der Waals surface area (Å²) in [6, 6.07) is 16.4. The number of phenols is 1. The molecule has 3 aromatic rings. The lowest BCUT2D eigenvalue weighted by Gasteiger charge is -2.13. The summed E-state index contributed by atoms with van der Waals surface area (Å²) in [7, 11) is 0. The molecule has 6 nitrogen and oxygen atoms in total. The van der Waals surface area contributed by atoms with E-state index in [4.69, 9.17) is 34.8 Å². The maximum atomic E-state index is 12.9. The van der Waals surface area contributed by atoms with Gasteiger partial charge in [-0.1, -0.05) is 53.0 Å². The molecule has 1 N–H and O–H groups in total. The lowest BCUT2D eigenvalue weighted by molar-refractivity contribution is -0.123. The molecular formula is C23H14Cl3N3O3S. The highest BCUT2D eigenvalue weighted by atomic mass is 35.5. The van der Waals surface area contributed by atoms with Crippen molar-refractivity contribution in [1.82, 2.24) is 4.90 Å². The van der Waals surface area contributed by atoms with Gasteiger partial charge in [0.25, 0.3) is 11.1 Å². The standard InChI is InChI=1S/C23H14Cl3N3O3S/c24-15-6-5-13(18(26)11-15)12-29-22(31)21(33-23(29)32)10-14-9-16(7-8-20(14)30)27-28-19-4-2-1-3-17(19)25/h1-11,30H,12H2/b21-10-,28-27?. The Bertz CT molecular complexity index is 1330. The van der Waals surface area contributed by atoms with E-state index < -0.39 is 11.1 Å². The fourth-order valence-corrected chi connectivity index (χ4v) is 4.43. The predicted molar refractivity (Wildman–Crippen MR) is 132 cm³/mol. The number of amides is 2. The molecule has 166 valence electrons. The van der Waals surface area contributed by atoms with Crippen molar-refractivity contribution in [1.29, 1.82) is 0 Å². The lowest BCUT2D eigenvalue weighted by Crippen LogP contribution is -2.27. The summed E-state index contributed by atoms with van der Waals surface area (Å²) in [6.45, 7) is 0.01000. The number of azo groups is 1. The van der Waals surface area contributed by atoms with Gasteiger partial charge in [-0.3, -0.25) is 14.5 Å². The molecule has 0 atom stereocenters. The highest BCUT2D eigenvalue weighted by molar-refractivity contribution is 8.18. The number of halogens is 3. The van der Waals surface area contributed by atoms with Crippen molar-refractivity contribution in [2.24, 2.45) is 10.2 Å². The van der Waals surface area contributed by atoms with E-state index in [1.54, 1.807) is 54.6 Å². The summed E-state index contributed by atoms with van der Waals surface area (Å²) < 4.78 is 0. The number of rotatable bonds is 5. The molecule has 1 aliphatic heterocycles. The number of aromatic hydroxyl groups is 1. The minimum atomic E-state index is -0.487. The first-order valence-electron chi connectivity index (χ1n) is 9.50. The van der Waals surface area contributed by atoms with Crippen LogP contribution in [-0.2, 0) is 11.3 Å². The summed E-state index contributed by atoms with van der Waals surface area (Å²) in [5, 5.41) is 19.3. The van der Waals surface area contributed by atoms with Crippen LogP contribution < -0.4 is 0 Å². The van der Waals surface area contributed by atoms with Crippen molar-refractivity contribution in [3.63, 3.8) is 0 Å². The van der Waals surface area contributed by atoms with Gasteiger partial charge in [0.15, 0.2) is 0 Å². The number of nitrogens with zero attached hydrogens (tertiary/aromatic N) is 3. The molecule has 4 rings (SSSR count). The quantitative estimate of drug-likeness (QED) is 0.274. The molecule has 0 bridgehead atoms. The Balaban J connectivity index is 1.57. The Kier molecular flexibility index (Phi) is 7.05. The zero-order chi connectivity index (χ0) is 23.5. The molecule has 1 fully saturated rings. The maximum absolute atomic E-state index is 12.9. The second kappa shape index (κ2) is 9.97. The second-order valence-corrected chi connectivity index (χ2v) is 9.14. The molecule has 0 aliphatic carbocycles. The molecule has 0 spiro atoms. The zero-order valence-corrected chi connectivity index (χ0v) is 19.8. The van der Waals surface area contributed by atoms with E-state index in [2.05, 4.69) is 10.2 Å². The zero-order valence-electron chi connectivity index (χ0n) is 16.7. The first-order chi connectivity index (χ1) is 15.8. The molecule has 10 heteroatoms. The van der Waals surface area contributed by atoms with Crippen molar-refractivity contribution in [3.8, 4) is 5.75 Å². The average molecular weight is 519 g/mol. The smallest absolute Gasteiger partial charge is 0.293 e. The van der Waals surface area contributed by atoms with Crippen molar-refractivity contribution in [2.75, 3.05) is 0 Å². The van der Waals surface area contributed by atoms with Crippen LogP contribution in [0.5, 0.6) is 5.75 Å². The predicted octanol–water partition coefficient (Wildman–Crippen LogP) is 8.00. The molecule has 0 aromatic heterocycles. The van der Waals surface area contributed by atoms with Gasteiger partial charge >= 0.3 is 0 Å². The van der Waals surface area contributed by atoms with E-state index in [1.807, 2.05) is 0 Å². The van der Waals surface area contributed by atoms with Gasteiger partial charge in [-0.2, -0.15) is 5.11 Å². The first kappa shape index (κ1) is 23.3. The highest BCUT2D eigenvalue weighted by Gasteiger charge is 2.35. The molecule has 1 aliphatic rings. The van der Waals surface area contributed by atoms with Gasteiger partial charge < -0.3 is 5.11 Å². The topological polar surface area (TPSA) is 82.3 Å². The number of phenolic OH excluding ortho intramolecular Hbond substituents is 1. The van der Waals surface area contributed by atoms with Crippen LogP contribution in [0.15, 0.2) is 75.8 Å². The third-order valence-electron chi connectivity index (χ3n) is 4.64. The second-order valence-electron chi connectivity index (χ2n) is 6.90. The van der Waals surface area contributed by atoms with Crippen LogP contribution in [-0.4, -0.2) is 21.2 Å². The van der Waals surface area contributed by atoms with E-state index in [0.29, 0.717) is 37.6 Å². The Hall–Kier alpha value is -2.84. The van der Waals surface area contributed by atoms with Crippen LogP contribution in [0.3, 0.4) is 0 Å². The van der Waals surface area contributed by atoms with E-state index >= 15 is 0 Å². The van der Waals surface area contributed by atoms with E-state index in [1.165, 1.54) is 12.1 Å². The molecule has 33 heavy (non-hydrogen) atoms. The number of thioether (sulfide) groups is 1. The first-order valence-corrected chi connectivity index (χ1v) is 11.5. The van der Waals surface area contributed by atoms with Gasteiger partial charge in [-0.25, -0.2) is 0 Å². The molecule has 1 saturated heterocycles. The number of carbonyl (C=O) groups is 2. The van der Waals surface area contributed by atoms with Crippen LogP contribution in [0.2, 0.25) is 15.1 Å². The van der Waals surface area contributed by atoms with Gasteiger partial charge in [0.1, 0.15) is 11.4 Å². The summed E-state index contributed by atoms with van der Waals surface area (Å²) in [5.74, 6) is -0.558. The van der Waals surface area contributed by atoms with Crippen molar-refractivity contribution < 1.29 is 14.7 Å². The summed E-state index contributed by atoms with van der Waals surface area (Å²) in [4.78, 5) is 26.6. The maximum Gasteiger partial charge on any atom is 0.293 e. The monoisotopic (exact) mass is 517 g/mol. The molecule has 1 heterocycles. The van der Waals surface area contributed by atoms with Crippen LogP contribution in [0.25, 0.3) is 6.08 Å². The van der Waals surface area contributed by atoms with Crippen LogP contribution >= 0.6 is 46.6 Å². The minimum Gasteiger partial charge on any atom is -0.507 e. The SMILES string of the molecule is O=C1S/C(=C\c2cc(N=Nc3ccccc3Cl)ccc2O)C(=O)N1Cc1ccc(Cl)cc1Cl. The summed E-state index contributed by atoms with van der Waals surface area (Å²) in [5.41, 5.74) is 1.84. The molecule has 3 aromatic carbocycles. The number of imide groups is 1. The van der Waals surface area contributed by atoms with E-state index in [-0.39, 0.29) is 17.2 Å². The van der Waals surface area contributed by atoms with Crippen molar-refractivity contribution in [2.45, 2.75) is 6.54 Å². The Morgan fingerprint density at radius 2 is 1.73 bits per heavy atom. The van der Waals surface area contributed by atoms with Crippen LogP contribution in [0.1, 0.15) is 11.1 Å². The summed E-state index contributed by atoms with van der Waals surface area (Å²) in [6.07, 6.45) is 1.44. The number of hydrogen-bond donors (Lipinski definition) is 1. The lowest BCUT2D eigenvalue weighted by atomic mass is 10.1. The largest absolute Gasteiger partial charge is 0.507 e. The fraction of sp³-hybridized carbons (Fsp3) is 0.0435. The van der Waals surface area contributed by atoms with Gasteiger partial charge in [-0.05, 0) is 65.9 Å². The van der Waals surface area contributed by atoms with Crippen LogP contribution in [0, 0.1) is 0 Å². The van der Waals surface area contributed by atoms with Gasteiger partial charge in [0, 0.05) is 15.6 Å².